The molecular weight excluding hydrogens is 230 g/mol. The largest absolute Gasteiger partial charge is 0.378 e. The average Bonchev–Trinajstić information content (AvgIpc) is 3.24. The third-order valence-corrected chi connectivity index (χ3v) is 3.53. The lowest BCUT2D eigenvalue weighted by molar-refractivity contribution is 0.122. The fourth-order valence-corrected chi connectivity index (χ4v) is 2.27. The summed E-state index contributed by atoms with van der Waals surface area (Å²) in [6.07, 6.45) is 2.38. The second kappa shape index (κ2) is 4.70. The van der Waals surface area contributed by atoms with Crippen LogP contribution in [0.2, 0.25) is 0 Å². The molecule has 1 aliphatic carbocycles. The number of hydrazine groups is 1. The molecule has 2 fully saturated rings. The van der Waals surface area contributed by atoms with Gasteiger partial charge in [0, 0.05) is 24.6 Å². The summed E-state index contributed by atoms with van der Waals surface area (Å²) in [6.45, 7) is 5.29. The highest BCUT2D eigenvalue weighted by molar-refractivity contribution is 5.58. The maximum absolute atomic E-state index is 5.56. The molecule has 3 rings (SSSR count). The average molecular weight is 249 g/mol. The highest BCUT2D eigenvalue weighted by Crippen LogP contribution is 2.40. The zero-order valence-electron chi connectivity index (χ0n) is 10.6. The van der Waals surface area contributed by atoms with E-state index < -0.39 is 0 Å². The van der Waals surface area contributed by atoms with Gasteiger partial charge in [0.1, 0.15) is 17.5 Å². The summed E-state index contributed by atoms with van der Waals surface area (Å²) in [5.74, 6) is 8.75. The summed E-state index contributed by atoms with van der Waals surface area (Å²) in [4.78, 5) is 11.5. The molecule has 0 amide bonds. The molecule has 2 heterocycles. The Hall–Kier alpha value is -1.40. The number of rotatable bonds is 3. The maximum Gasteiger partial charge on any atom is 0.148 e. The van der Waals surface area contributed by atoms with Gasteiger partial charge < -0.3 is 15.1 Å². The van der Waals surface area contributed by atoms with Crippen LogP contribution < -0.4 is 16.2 Å². The van der Waals surface area contributed by atoms with Crippen LogP contribution in [-0.4, -0.2) is 36.3 Å². The molecule has 3 N–H and O–H groups in total. The van der Waals surface area contributed by atoms with E-state index in [1.54, 1.807) is 0 Å². The van der Waals surface area contributed by atoms with Gasteiger partial charge in [-0.15, -0.1) is 0 Å². The number of hydrogen-bond acceptors (Lipinski definition) is 6. The minimum Gasteiger partial charge on any atom is -0.378 e. The standard InChI is InChI=1S/C12H19N5O/c1-8-10(16-13)14-11(9-2-3-9)15-12(8)17-4-6-18-7-5-17/h9H,2-7,13H2,1H3,(H,14,15,16). The van der Waals surface area contributed by atoms with Crippen molar-refractivity contribution < 1.29 is 4.74 Å². The van der Waals surface area contributed by atoms with E-state index in [4.69, 9.17) is 15.6 Å². The lowest BCUT2D eigenvalue weighted by Crippen LogP contribution is -2.37. The Morgan fingerprint density at radius 3 is 2.61 bits per heavy atom. The first kappa shape index (κ1) is 11.7. The van der Waals surface area contributed by atoms with Crippen LogP contribution >= 0.6 is 0 Å². The Morgan fingerprint density at radius 1 is 1.28 bits per heavy atom. The molecule has 1 saturated heterocycles. The molecule has 0 radical (unpaired) electrons. The van der Waals surface area contributed by atoms with Crippen molar-refractivity contribution in [1.82, 2.24) is 9.97 Å². The molecule has 1 saturated carbocycles. The summed E-state index contributed by atoms with van der Waals surface area (Å²) < 4.78 is 5.38. The monoisotopic (exact) mass is 249 g/mol. The molecule has 0 atom stereocenters. The Labute approximate surface area is 107 Å². The van der Waals surface area contributed by atoms with Crippen molar-refractivity contribution in [3.63, 3.8) is 0 Å². The molecule has 1 aliphatic heterocycles. The Kier molecular flexibility index (Phi) is 3.05. The van der Waals surface area contributed by atoms with E-state index in [2.05, 4.69) is 15.3 Å². The van der Waals surface area contributed by atoms with E-state index in [-0.39, 0.29) is 0 Å². The first-order chi connectivity index (χ1) is 8.79. The molecule has 0 bridgehead atoms. The first-order valence-electron chi connectivity index (χ1n) is 6.47. The predicted molar refractivity (Wildman–Crippen MR) is 69.6 cm³/mol. The smallest absolute Gasteiger partial charge is 0.148 e. The number of aromatic nitrogens is 2. The van der Waals surface area contributed by atoms with E-state index >= 15 is 0 Å². The fraction of sp³-hybridized carbons (Fsp3) is 0.667. The molecule has 6 nitrogen and oxygen atoms in total. The van der Waals surface area contributed by atoms with Gasteiger partial charge in [-0.1, -0.05) is 0 Å². The van der Waals surface area contributed by atoms with Crippen LogP contribution in [0.1, 0.15) is 30.1 Å². The second-order valence-corrected chi connectivity index (χ2v) is 4.90. The number of nitrogens with one attached hydrogen (secondary N) is 1. The predicted octanol–water partition coefficient (Wildman–Crippen LogP) is 0.785. The van der Waals surface area contributed by atoms with Crippen molar-refractivity contribution in [2.75, 3.05) is 36.6 Å². The van der Waals surface area contributed by atoms with Crippen molar-refractivity contribution >= 4 is 11.6 Å². The Balaban J connectivity index is 1.97. The third kappa shape index (κ3) is 2.13. The number of nitrogens with two attached hydrogens (primary N) is 1. The minimum absolute atomic E-state index is 0.525. The lowest BCUT2D eigenvalue weighted by atomic mass is 10.2. The minimum atomic E-state index is 0.525. The van der Waals surface area contributed by atoms with Gasteiger partial charge in [0.05, 0.1) is 13.2 Å². The van der Waals surface area contributed by atoms with Gasteiger partial charge >= 0.3 is 0 Å². The van der Waals surface area contributed by atoms with Gasteiger partial charge in [0.15, 0.2) is 0 Å². The Bertz CT molecular complexity index is 440. The lowest BCUT2D eigenvalue weighted by Gasteiger charge is -2.29. The molecule has 98 valence electrons. The number of anilines is 2. The van der Waals surface area contributed by atoms with Crippen molar-refractivity contribution in [3.05, 3.63) is 11.4 Å². The van der Waals surface area contributed by atoms with E-state index in [1.807, 2.05) is 6.92 Å². The molecule has 0 spiro atoms. The molecule has 0 aromatic carbocycles. The number of nitrogens with zero attached hydrogens (tertiary/aromatic N) is 3. The van der Waals surface area contributed by atoms with Crippen LogP contribution in [0.25, 0.3) is 0 Å². The number of ether oxygens (including phenoxy) is 1. The second-order valence-electron chi connectivity index (χ2n) is 4.90. The molecule has 1 aromatic rings. The summed E-state index contributed by atoms with van der Waals surface area (Å²) in [5, 5.41) is 0. The van der Waals surface area contributed by atoms with Crippen LogP contribution in [0.15, 0.2) is 0 Å². The van der Waals surface area contributed by atoms with Crippen LogP contribution in [0.3, 0.4) is 0 Å². The van der Waals surface area contributed by atoms with E-state index in [0.29, 0.717) is 5.92 Å². The molecule has 18 heavy (non-hydrogen) atoms. The summed E-state index contributed by atoms with van der Waals surface area (Å²) in [5.41, 5.74) is 3.71. The molecule has 0 unspecified atom stereocenters. The molecular formula is C12H19N5O. The van der Waals surface area contributed by atoms with Gasteiger partial charge in [0.25, 0.3) is 0 Å². The highest BCUT2D eigenvalue weighted by atomic mass is 16.5. The SMILES string of the molecule is Cc1c(NN)nc(C2CC2)nc1N1CCOCC1. The third-order valence-electron chi connectivity index (χ3n) is 3.53. The topological polar surface area (TPSA) is 76.3 Å². The number of morpholine rings is 1. The Morgan fingerprint density at radius 2 is 2.00 bits per heavy atom. The van der Waals surface area contributed by atoms with E-state index in [9.17, 15) is 0 Å². The number of nitrogen functional groups attached to an aromatic ring is 1. The highest BCUT2D eigenvalue weighted by Gasteiger charge is 2.29. The van der Waals surface area contributed by atoms with E-state index in [0.717, 1.165) is 49.3 Å². The van der Waals surface area contributed by atoms with E-state index in [1.165, 1.54) is 12.8 Å². The zero-order valence-corrected chi connectivity index (χ0v) is 10.6. The van der Waals surface area contributed by atoms with Gasteiger partial charge in [-0.05, 0) is 19.8 Å². The zero-order chi connectivity index (χ0) is 12.5. The van der Waals surface area contributed by atoms with Crippen LogP contribution in [-0.2, 0) is 4.74 Å². The van der Waals surface area contributed by atoms with Gasteiger partial charge in [-0.3, -0.25) is 0 Å². The first-order valence-corrected chi connectivity index (χ1v) is 6.47. The van der Waals surface area contributed by atoms with Crippen molar-refractivity contribution in [2.24, 2.45) is 5.84 Å². The summed E-state index contributed by atoms with van der Waals surface area (Å²) in [7, 11) is 0. The van der Waals surface area contributed by atoms with Gasteiger partial charge in [0.2, 0.25) is 0 Å². The fourth-order valence-electron chi connectivity index (χ4n) is 2.27. The maximum atomic E-state index is 5.56. The quantitative estimate of drug-likeness (QED) is 0.609. The van der Waals surface area contributed by atoms with Gasteiger partial charge in [-0.25, -0.2) is 15.8 Å². The van der Waals surface area contributed by atoms with Crippen LogP contribution in [0.5, 0.6) is 0 Å². The van der Waals surface area contributed by atoms with Crippen molar-refractivity contribution in [2.45, 2.75) is 25.7 Å². The summed E-state index contributed by atoms with van der Waals surface area (Å²) >= 11 is 0. The normalized spacial score (nSPS) is 20.0. The summed E-state index contributed by atoms with van der Waals surface area (Å²) in [6, 6.07) is 0. The molecule has 2 aliphatic rings. The van der Waals surface area contributed by atoms with Crippen molar-refractivity contribution in [3.8, 4) is 0 Å². The van der Waals surface area contributed by atoms with Crippen molar-refractivity contribution in [1.29, 1.82) is 0 Å². The van der Waals surface area contributed by atoms with Crippen LogP contribution in [0.4, 0.5) is 11.6 Å². The van der Waals surface area contributed by atoms with Crippen LogP contribution in [0, 0.1) is 6.92 Å². The molecule has 1 aromatic heterocycles. The molecule has 6 heteroatoms. The number of hydrogen-bond donors (Lipinski definition) is 2. The van der Waals surface area contributed by atoms with Gasteiger partial charge in [-0.2, -0.15) is 0 Å².